The first-order valence-electron chi connectivity index (χ1n) is 6.53. The number of hydrogen-bond acceptors (Lipinski definition) is 3. The van der Waals surface area contributed by atoms with Gasteiger partial charge >= 0.3 is 0 Å². The molecule has 0 unspecified atom stereocenters. The highest BCUT2D eigenvalue weighted by Crippen LogP contribution is 2.21. The SMILES string of the molecule is Cc1ccc(Cl)cc1NC(=O)/C(C#N)=C\N1CCCC1. The molecule has 1 N–H and O–H groups in total. The molecule has 104 valence electrons. The fourth-order valence-corrected chi connectivity index (χ4v) is 2.28. The van der Waals surface area contributed by atoms with Gasteiger partial charge in [0.1, 0.15) is 11.6 Å². The molecule has 0 aromatic heterocycles. The number of aryl methyl sites for hydroxylation is 1. The smallest absolute Gasteiger partial charge is 0.267 e. The van der Waals surface area contributed by atoms with Gasteiger partial charge in [0.2, 0.25) is 0 Å². The molecule has 2 rings (SSSR count). The number of nitrogens with zero attached hydrogens (tertiary/aromatic N) is 2. The standard InChI is InChI=1S/C15H16ClN3O/c1-11-4-5-13(16)8-14(11)18-15(20)12(9-17)10-19-6-2-3-7-19/h4-5,8,10H,2-3,6-7H2,1H3,(H,18,20)/b12-10-. The second kappa shape index (κ2) is 6.44. The van der Waals surface area contributed by atoms with Crippen LogP contribution in [-0.2, 0) is 4.79 Å². The van der Waals surface area contributed by atoms with E-state index in [0.717, 1.165) is 31.5 Å². The van der Waals surface area contributed by atoms with E-state index in [4.69, 9.17) is 16.9 Å². The Kier molecular flexibility index (Phi) is 4.65. The maximum atomic E-state index is 12.1. The summed E-state index contributed by atoms with van der Waals surface area (Å²) in [7, 11) is 0. The normalized spacial score (nSPS) is 15.1. The van der Waals surface area contributed by atoms with Gasteiger partial charge in [-0.15, -0.1) is 0 Å². The molecular weight excluding hydrogens is 274 g/mol. The van der Waals surface area contributed by atoms with Crippen molar-refractivity contribution >= 4 is 23.2 Å². The fraction of sp³-hybridized carbons (Fsp3) is 0.333. The van der Waals surface area contributed by atoms with Gasteiger partial charge in [-0.1, -0.05) is 17.7 Å². The Bertz CT molecular complexity index is 583. The first-order valence-corrected chi connectivity index (χ1v) is 6.91. The Balaban J connectivity index is 2.13. The van der Waals surface area contributed by atoms with E-state index in [9.17, 15) is 4.79 Å². The predicted molar refractivity (Wildman–Crippen MR) is 79.3 cm³/mol. The number of carbonyl (C=O) groups is 1. The Hall–Kier alpha value is -1.99. The molecule has 1 fully saturated rings. The highest BCUT2D eigenvalue weighted by atomic mass is 35.5. The van der Waals surface area contributed by atoms with Crippen molar-refractivity contribution in [3.05, 3.63) is 40.6 Å². The van der Waals surface area contributed by atoms with Gasteiger partial charge in [-0.2, -0.15) is 5.26 Å². The summed E-state index contributed by atoms with van der Waals surface area (Å²) in [5.74, 6) is -0.398. The number of anilines is 1. The quantitative estimate of drug-likeness (QED) is 0.687. The van der Waals surface area contributed by atoms with E-state index in [0.29, 0.717) is 10.7 Å². The molecule has 20 heavy (non-hydrogen) atoms. The minimum absolute atomic E-state index is 0.117. The van der Waals surface area contributed by atoms with Crippen LogP contribution >= 0.6 is 11.6 Å². The van der Waals surface area contributed by atoms with Crippen LogP contribution in [0.25, 0.3) is 0 Å². The Morgan fingerprint density at radius 1 is 1.45 bits per heavy atom. The highest BCUT2D eigenvalue weighted by molar-refractivity contribution is 6.31. The van der Waals surface area contributed by atoms with Crippen molar-refractivity contribution in [2.45, 2.75) is 19.8 Å². The van der Waals surface area contributed by atoms with E-state index in [1.807, 2.05) is 24.0 Å². The monoisotopic (exact) mass is 289 g/mol. The molecule has 1 aliphatic heterocycles. The molecule has 0 radical (unpaired) electrons. The van der Waals surface area contributed by atoms with Crippen LogP contribution in [0.4, 0.5) is 5.69 Å². The molecule has 0 spiro atoms. The number of halogens is 1. The first kappa shape index (κ1) is 14.4. The lowest BCUT2D eigenvalue weighted by Gasteiger charge is -2.12. The number of nitrogens with one attached hydrogen (secondary N) is 1. The Morgan fingerprint density at radius 3 is 2.80 bits per heavy atom. The van der Waals surface area contributed by atoms with E-state index >= 15 is 0 Å². The van der Waals surface area contributed by atoms with E-state index in [2.05, 4.69) is 5.32 Å². The number of carbonyl (C=O) groups excluding carboxylic acids is 1. The van der Waals surface area contributed by atoms with Crippen molar-refractivity contribution in [2.24, 2.45) is 0 Å². The van der Waals surface area contributed by atoms with Crippen molar-refractivity contribution in [2.75, 3.05) is 18.4 Å². The van der Waals surface area contributed by atoms with Crippen molar-refractivity contribution in [1.29, 1.82) is 5.26 Å². The van der Waals surface area contributed by atoms with Crippen LogP contribution in [0.1, 0.15) is 18.4 Å². The highest BCUT2D eigenvalue weighted by Gasteiger charge is 2.15. The van der Waals surface area contributed by atoms with Crippen LogP contribution in [-0.4, -0.2) is 23.9 Å². The molecule has 1 heterocycles. The number of likely N-dealkylation sites (tertiary alicyclic amines) is 1. The van der Waals surface area contributed by atoms with E-state index in [1.54, 1.807) is 18.3 Å². The molecule has 0 aliphatic carbocycles. The van der Waals surface area contributed by atoms with Crippen molar-refractivity contribution in [3.63, 3.8) is 0 Å². The first-order chi connectivity index (χ1) is 9.60. The molecule has 0 bridgehead atoms. The van der Waals surface area contributed by atoms with Gasteiger partial charge < -0.3 is 10.2 Å². The maximum Gasteiger partial charge on any atom is 0.267 e. The van der Waals surface area contributed by atoms with Gasteiger partial charge in [0.05, 0.1) is 0 Å². The third kappa shape index (κ3) is 3.52. The summed E-state index contributed by atoms with van der Waals surface area (Å²) in [6.07, 6.45) is 3.84. The maximum absolute atomic E-state index is 12.1. The molecule has 1 amide bonds. The fourth-order valence-electron chi connectivity index (χ4n) is 2.11. The lowest BCUT2D eigenvalue weighted by molar-refractivity contribution is -0.112. The van der Waals surface area contributed by atoms with Gasteiger partial charge in [-0.05, 0) is 37.5 Å². The summed E-state index contributed by atoms with van der Waals surface area (Å²) in [6.45, 7) is 3.67. The predicted octanol–water partition coefficient (Wildman–Crippen LogP) is 3.09. The summed E-state index contributed by atoms with van der Waals surface area (Å²) in [5, 5.41) is 12.4. The van der Waals surface area contributed by atoms with Crippen molar-refractivity contribution in [1.82, 2.24) is 4.90 Å². The Morgan fingerprint density at radius 2 is 2.15 bits per heavy atom. The number of nitriles is 1. The summed E-state index contributed by atoms with van der Waals surface area (Å²) >= 11 is 5.91. The summed E-state index contributed by atoms with van der Waals surface area (Å²) in [5.41, 5.74) is 1.65. The molecule has 4 nitrogen and oxygen atoms in total. The number of rotatable bonds is 3. The molecule has 5 heteroatoms. The average Bonchev–Trinajstić information content (AvgIpc) is 2.93. The topological polar surface area (TPSA) is 56.1 Å². The largest absolute Gasteiger partial charge is 0.376 e. The average molecular weight is 290 g/mol. The summed E-state index contributed by atoms with van der Waals surface area (Å²) in [4.78, 5) is 14.1. The third-order valence-electron chi connectivity index (χ3n) is 3.27. The van der Waals surface area contributed by atoms with Crippen LogP contribution in [0.2, 0.25) is 5.02 Å². The van der Waals surface area contributed by atoms with E-state index in [-0.39, 0.29) is 5.57 Å². The minimum atomic E-state index is -0.398. The van der Waals surface area contributed by atoms with Crippen molar-refractivity contribution < 1.29 is 4.79 Å². The van der Waals surface area contributed by atoms with Crippen LogP contribution in [0, 0.1) is 18.3 Å². The second-order valence-corrected chi connectivity index (χ2v) is 5.25. The van der Waals surface area contributed by atoms with Crippen LogP contribution < -0.4 is 5.32 Å². The number of hydrogen-bond donors (Lipinski definition) is 1. The van der Waals surface area contributed by atoms with Gasteiger partial charge in [0, 0.05) is 30.0 Å². The molecule has 0 atom stereocenters. The van der Waals surface area contributed by atoms with Gasteiger partial charge in [-0.25, -0.2) is 0 Å². The Labute approximate surface area is 123 Å². The molecular formula is C15H16ClN3O. The lowest BCUT2D eigenvalue weighted by atomic mass is 10.2. The number of benzene rings is 1. The van der Waals surface area contributed by atoms with Crippen LogP contribution in [0.5, 0.6) is 0 Å². The lowest BCUT2D eigenvalue weighted by Crippen LogP contribution is -2.19. The molecule has 1 aromatic rings. The van der Waals surface area contributed by atoms with Gasteiger partial charge in [-0.3, -0.25) is 4.79 Å². The van der Waals surface area contributed by atoms with Crippen LogP contribution in [0.15, 0.2) is 30.0 Å². The molecule has 1 aliphatic rings. The zero-order valence-corrected chi connectivity index (χ0v) is 12.1. The summed E-state index contributed by atoms with van der Waals surface area (Å²) in [6, 6.07) is 7.23. The summed E-state index contributed by atoms with van der Waals surface area (Å²) < 4.78 is 0. The van der Waals surface area contributed by atoms with E-state index in [1.165, 1.54) is 0 Å². The molecule has 1 aromatic carbocycles. The zero-order valence-electron chi connectivity index (χ0n) is 11.3. The molecule has 1 saturated heterocycles. The minimum Gasteiger partial charge on any atom is -0.376 e. The van der Waals surface area contributed by atoms with Crippen LogP contribution in [0.3, 0.4) is 0 Å². The zero-order chi connectivity index (χ0) is 14.5. The van der Waals surface area contributed by atoms with Gasteiger partial charge in [0.15, 0.2) is 0 Å². The van der Waals surface area contributed by atoms with E-state index < -0.39 is 5.91 Å². The third-order valence-corrected chi connectivity index (χ3v) is 3.50. The number of amides is 1. The second-order valence-electron chi connectivity index (χ2n) is 4.81. The van der Waals surface area contributed by atoms with Gasteiger partial charge in [0.25, 0.3) is 5.91 Å². The van der Waals surface area contributed by atoms with Crippen molar-refractivity contribution in [3.8, 4) is 6.07 Å². The molecule has 0 saturated carbocycles.